The van der Waals surface area contributed by atoms with E-state index in [1.54, 1.807) is 42.6 Å². The number of hydrogen-bond donors (Lipinski definition) is 5. The summed E-state index contributed by atoms with van der Waals surface area (Å²) in [7, 11) is 0. The average molecular weight is 384 g/mol. The molecule has 138 valence electrons. The van der Waals surface area contributed by atoms with Gasteiger partial charge in [-0.25, -0.2) is 10.8 Å². The molecule has 0 amide bonds. The summed E-state index contributed by atoms with van der Waals surface area (Å²) >= 11 is 6.11. The van der Waals surface area contributed by atoms with Gasteiger partial charge in [-0.3, -0.25) is 5.01 Å². The van der Waals surface area contributed by atoms with Crippen molar-refractivity contribution in [3.8, 4) is 0 Å². The molecule has 0 fully saturated rings. The molecule has 9 heteroatoms. The second-order valence-electron chi connectivity index (χ2n) is 5.77. The molecule has 3 rings (SSSR count). The lowest BCUT2D eigenvalue weighted by atomic mass is 10.0. The number of pyridine rings is 1. The highest BCUT2D eigenvalue weighted by atomic mass is 35.5. The Balaban J connectivity index is 1.99. The molecular weight excluding hydrogens is 366 g/mol. The highest BCUT2D eigenvalue weighted by Crippen LogP contribution is 2.29. The van der Waals surface area contributed by atoms with E-state index in [-0.39, 0.29) is 11.7 Å². The first-order chi connectivity index (χ1) is 12.9. The van der Waals surface area contributed by atoms with Crippen LogP contribution >= 0.6 is 11.6 Å². The molecule has 0 aliphatic heterocycles. The van der Waals surface area contributed by atoms with Gasteiger partial charge in [-0.1, -0.05) is 22.8 Å². The number of rotatable bonds is 4. The summed E-state index contributed by atoms with van der Waals surface area (Å²) in [6, 6.07) is 12.1. The third kappa shape index (κ3) is 3.71. The van der Waals surface area contributed by atoms with Crippen molar-refractivity contribution in [1.82, 2.24) is 4.98 Å². The monoisotopic (exact) mass is 383 g/mol. The van der Waals surface area contributed by atoms with Gasteiger partial charge in [-0.2, -0.15) is 0 Å². The van der Waals surface area contributed by atoms with E-state index in [1.807, 2.05) is 6.07 Å². The molecule has 1 aromatic heterocycles. The summed E-state index contributed by atoms with van der Waals surface area (Å²) in [5, 5.41) is 15.2. The van der Waals surface area contributed by atoms with E-state index in [0.29, 0.717) is 27.5 Å². The Labute approximate surface area is 160 Å². The van der Waals surface area contributed by atoms with Crippen molar-refractivity contribution in [2.45, 2.75) is 0 Å². The van der Waals surface area contributed by atoms with Crippen molar-refractivity contribution < 1.29 is 5.21 Å². The summed E-state index contributed by atoms with van der Waals surface area (Å²) in [6.07, 6.45) is 3.19. The standard InChI is InChI=1S/C18H18ClN7O/c19-12-4-1-11-8-24-18(22)16(14(11)7-12)15(20)9-26(23)13-5-2-10(3-6-13)17(21)25-27/h1-9,27H,20,23H2,(H2,21,25)(H2,22,24)/b15-9-. The minimum absolute atomic E-state index is 0.00617. The summed E-state index contributed by atoms with van der Waals surface area (Å²) in [4.78, 5) is 4.18. The van der Waals surface area contributed by atoms with E-state index >= 15 is 0 Å². The maximum atomic E-state index is 8.72. The number of fused-ring (bicyclic) bond motifs is 1. The number of anilines is 2. The molecule has 0 radical (unpaired) electrons. The molecule has 0 aliphatic carbocycles. The Bertz CT molecular complexity index is 1040. The molecule has 9 N–H and O–H groups in total. The van der Waals surface area contributed by atoms with Crippen LogP contribution in [0.4, 0.5) is 11.5 Å². The fourth-order valence-electron chi connectivity index (χ4n) is 2.65. The number of hydrazine groups is 1. The number of nitrogens with zero attached hydrogens (tertiary/aromatic N) is 3. The van der Waals surface area contributed by atoms with Gasteiger partial charge < -0.3 is 22.4 Å². The van der Waals surface area contributed by atoms with Crippen LogP contribution in [0.25, 0.3) is 16.5 Å². The highest BCUT2D eigenvalue weighted by molar-refractivity contribution is 6.31. The fraction of sp³-hybridized carbons (Fsp3) is 0. The molecule has 27 heavy (non-hydrogen) atoms. The van der Waals surface area contributed by atoms with Gasteiger partial charge in [0.05, 0.1) is 11.4 Å². The van der Waals surface area contributed by atoms with Gasteiger partial charge in [0, 0.05) is 33.9 Å². The quantitative estimate of drug-likeness (QED) is 0.152. The maximum absolute atomic E-state index is 8.72. The van der Waals surface area contributed by atoms with Crippen LogP contribution in [0, 0.1) is 0 Å². The van der Waals surface area contributed by atoms with E-state index in [9.17, 15) is 0 Å². The normalized spacial score (nSPS) is 12.4. The molecule has 0 atom stereocenters. The second kappa shape index (κ2) is 7.40. The smallest absolute Gasteiger partial charge is 0.170 e. The predicted molar refractivity (Wildman–Crippen MR) is 109 cm³/mol. The topological polar surface area (TPSA) is 153 Å². The molecule has 2 aromatic carbocycles. The molecule has 0 saturated heterocycles. The zero-order chi connectivity index (χ0) is 19.6. The van der Waals surface area contributed by atoms with Gasteiger partial charge in [-0.05, 0) is 41.8 Å². The lowest BCUT2D eigenvalue weighted by Crippen LogP contribution is -2.26. The third-order valence-electron chi connectivity index (χ3n) is 4.02. The van der Waals surface area contributed by atoms with Crippen molar-refractivity contribution in [2.75, 3.05) is 10.7 Å². The van der Waals surface area contributed by atoms with E-state index in [1.165, 1.54) is 11.2 Å². The number of oxime groups is 1. The molecular formula is C18H18ClN7O. The molecule has 0 spiro atoms. The van der Waals surface area contributed by atoms with Crippen molar-refractivity contribution in [3.05, 3.63) is 71.0 Å². The Kier molecular flexibility index (Phi) is 5.02. The van der Waals surface area contributed by atoms with Crippen molar-refractivity contribution in [3.63, 3.8) is 0 Å². The lowest BCUT2D eigenvalue weighted by Gasteiger charge is -2.17. The Morgan fingerprint density at radius 3 is 2.52 bits per heavy atom. The number of nitrogens with two attached hydrogens (primary N) is 4. The molecule has 3 aromatic rings. The maximum Gasteiger partial charge on any atom is 0.170 e. The molecule has 0 aliphatic rings. The summed E-state index contributed by atoms with van der Waals surface area (Å²) in [6.45, 7) is 0. The van der Waals surface area contributed by atoms with Gasteiger partial charge in [0.15, 0.2) is 5.84 Å². The van der Waals surface area contributed by atoms with Crippen LogP contribution in [0.5, 0.6) is 0 Å². The number of halogens is 1. The average Bonchev–Trinajstić information content (AvgIpc) is 2.67. The first-order valence-corrected chi connectivity index (χ1v) is 8.22. The van der Waals surface area contributed by atoms with Crippen LogP contribution in [-0.4, -0.2) is 16.0 Å². The van der Waals surface area contributed by atoms with Crippen LogP contribution < -0.4 is 28.1 Å². The van der Waals surface area contributed by atoms with Crippen molar-refractivity contribution >= 4 is 45.4 Å². The number of nitrogen functional groups attached to an aromatic ring is 1. The Hall–Kier alpha value is -3.49. The Morgan fingerprint density at radius 1 is 1.15 bits per heavy atom. The van der Waals surface area contributed by atoms with E-state index in [0.717, 1.165) is 10.8 Å². The number of benzene rings is 2. The van der Waals surface area contributed by atoms with Gasteiger partial charge in [-0.15, -0.1) is 0 Å². The SMILES string of the molecule is N/C(=C\N(N)c1ccc(/C(N)=N/O)cc1)c1c(N)ncc2ccc(Cl)cc12. The van der Waals surface area contributed by atoms with Crippen LogP contribution in [-0.2, 0) is 0 Å². The summed E-state index contributed by atoms with van der Waals surface area (Å²) in [5.41, 5.74) is 19.9. The van der Waals surface area contributed by atoms with Crippen LogP contribution in [0.2, 0.25) is 5.02 Å². The van der Waals surface area contributed by atoms with E-state index < -0.39 is 0 Å². The minimum atomic E-state index is 0.00617. The highest BCUT2D eigenvalue weighted by Gasteiger charge is 2.12. The first kappa shape index (κ1) is 18.3. The second-order valence-corrected chi connectivity index (χ2v) is 6.21. The summed E-state index contributed by atoms with van der Waals surface area (Å²) < 4.78 is 0. The molecule has 1 heterocycles. The van der Waals surface area contributed by atoms with E-state index in [2.05, 4.69) is 10.1 Å². The zero-order valence-electron chi connectivity index (χ0n) is 14.2. The van der Waals surface area contributed by atoms with Crippen molar-refractivity contribution in [2.24, 2.45) is 22.5 Å². The lowest BCUT2D eigenvalue weighted by molar-refractivity contribution is 0.318. The van der Waals surface area contributed by atoms with Crippen LogP contribution in [0.3, 0.4) is 0 Å². The molecule has 0 unspecified atom stereocenters. The number of aromatic nitrogens is 1. The van der Waals surface area contributed by atoms with Crippen LogP contribution in [0.1, 0.15) is 11.1 Å². The van der Waals surface area contributed by atoms with Crippen LogP contribution in [0.15, 0.2) is 60.0 Å². The van der Waals surface area contributed by atoms with Gasteiger partial charge >= 0.3 is 0 Å². The van der Waals surface area contributed by atoms with Crippen molar-refractivity contribution in [1.29, 1.82) is 0 Å². The number of amidine groups is 1. The Morgan fingerprint density at radius 2 is 1.85 bits per heavy atom. The zero-order valence-corrected chi connectivity index (χ0v) is 14.9. The minimum Gasteiger partial charge on any atom is -0.409 e. The fourth-order valence-corrected chi connectivity index (χ4v) is 2.83. The first-order valence-electron chi connectivity index (χ1n) is 7.84. The molecule has 0 saturated carbocycles. The van der Waals surface area contributed by atoms with Gasteiger partial charge in [0.1, 0.15) is 5.82 Å². The largest absolute Gasteiger partial charge is 0.409 e. The molecule has 0 bridgehead atoms. The van der Waals surface area contributed by atoms with E-state index in [4.69, 9.17) is 39.9 Å². The van der Waals surface area contributed by atoms with Gasteiger partial charge in [0.2, 0.25) is 0 Å². The summed E-state index contributed by atoms with van der Waals surface area (Å²) in [5.74, 6) is 6.37. The van der Waals surface area contributed by atoms with Gasteiger partial charge in [0.25, 0.3) is 0 Å². The molecule has 8 nitrogen and oxygen atoms in total. The third-order valence-corrected chi connectivity index (χ3v) is 4.25. The predicted octanol–water partition coefficient (Wildman–Crippen LogP) is 2.20. The number of hydrogen-bond acceptors (Lipinski definition) is 7.